The molecule has 3 N–H and O–H groups in total. The fourth-order valence-electron chi connectivity index (χ4n) is 6.44. The predicted octanol–water partition coefficient (Wildman–Crippen LogP) is 6.28. The third-order valence-corrected chi connectivity index (χ3v) is 8.78. The zero-order valence-corrected chi connectivity index (χ0v) is 27.3. The SMILES string of the molecule is C=C(/C=C/CN(C)C)NC1CCCN(Cc2ccnc(C(=C)Nc3ccc(-c4cc5c(N6CCCCC6)ncnc5[nH]4)cc3)c2)C1. The maximum Gasteiger partial charge on any atom is 0.143 e. The van der Waals surface area contributed by atoms with Gasteiger partial charge in [-0.3, -0.25) is 9.88 Å². The molecule has 0 radical (unpaired) electrons. The second-order valence-corrected chi connectivity index (χ2v) is 12.8. The van der Waals surface area contributed by atoms with Crippen LogP contribution in [0, 0.1) is 0 Å². The Morgan fingerprint density at radius 1 is 1.00 bits per heavy atom. The summed E-state index contributed by atoms with van der Waals surface area (Å²) >= 11 is 0. The lowest BCUT2D eigenvalue weighted by molar-refractivity contribution is 0.189. The summed E-state index contributed by atoms with van der Waals surface area (Å²) in [6, 6.07) is 15.2. The van der Waals surface area contributed by atoms with Crippen molar-refractivity contribution in [3.63, 3.8) is 0 Å². The van der Waals surface area contributed by atoms with Crippen LogP contribution in [0.1, 0.15) is 43.4 Å². The number of piperidine rings is 2. The molecule has 2 fully saturated rings. The van der Waals surface area contributed by atoms with Crippen molar-refractivity contribution in [3.05, 3.63) is 97.3 Å². The number of likely N-dealkylation sites (N-methyl/N-ethyl adjacent to an activating group) is 1. The highest BCUT2D eigenvalue weighted by Crippen LogP contribution is 2.31. The van der Waals surface area contributed by atoms with E-state index in [1.807, 2.05) is 6.20 Å². The number of hydrogen-bond donors (Lipinski definition) is 3. The number of allylic oxidation sites excluding steroid dienone is 1. The second-order valence-electron chi connectivity index (χ2n) is 12.8. The number of hydrogen-bond acceptors (Lipinski definition) is 8. The highest BCUT2D eigenvalue weighted by molar-refractivity contribution is 5.92. The average molecular weight is 618 g/mol. The number of anilines is 2. The Morgan fingerprint density at radius 2 is 1.83 bits per heavy atom. The van der Waals surface area contributed by atoms with Crippen LogP contribution in [0.15, 0.2) is 86.0 Å². The van der Waals surface area contributed by atoms with Gasteiger partial charge in [-0.25, -0.2) is 9.97 Å². The van der Waals surface area contributed by atoms with Crippen LogP contribution in [-0.4, -0.2) is 82.6 Å². The molecule has 4 aromatic rings. The summed E-state index contributed by atoms with van der Waals surface area (Å²) in [5, 5.41) is 8.15. The number of likely N-dealkylation sites (tertiary alicyclic amines) is 1. The van der Waals surface area contributed by atoms with Crippen LogP contribution < -0.4 is 15.5 Å². The first-order valence-electron chi connectivity index (χ1n) is 16.5. The number of aromatic amines is 1. The zero-order chi connectivity index (χ0) is 31.9. The zero-order valence-electron chi connectivity index (χ0n) is 27.3. The van der Waals surface area contributed by atoms with E-state index in [2.05, 4.69) is 127 Å². The fraction of sp³-hybridized carbons (Fsp3) is 0.378. The number of pyridine rings is 1. The van der Waals surface area contributed by atoms with Crippen molar-refractivity contribution < 1.29 is 0 Å². The highest BCUT2D eigenvalue weighted by Gasteiger charge is 2.20. The maximum atomic E-state index is 4.64. The first kappa shape index (κ1) is 31.5. The molecule has 0 bridgehead atoms. The molecule has 2 aliphatic rings. The van der Waals surface area contributed by atoms with Gasteiger partial charge in [-0.05, 0) is 100 Å². The summed E-state index contributed by atoms with van der Waals surface area (Å²) in [5.41, 5.74) is 7.83. The Bertz CT molecular complexity index is 1660. The lowest BCUT2D eigenvalue weighted by atomic mass is 10.0. The van der Waals surface area contributed by atoms with Crippen LogP contribution in [0.25, 0.3) is 28.0 Å². The standard InChI is InChI=1S/C37H47N9/c1-27(10-8-18-44(3)4)41-32-11-9-19-45(25-32)24-29-16-17-38-34(22-29)28(2)42-31-14-12-30(13-15-31)35-23-33-36(43-35)39-26-40-37(33)46-20-6-5-7-21-46/h8,10,12-17,22-23,26,32,41-42H,1-2,5-7,9,11,18-21,24-25H2,3-4H3,(H,39,40,43)/b10-8+. The normalized spacial score (nSPS) is 17.5. The molecule has 2 saturated heterocycles. The molecule has 1 unspecified atom stereocenters. The third-order valence-electron chi connectivity index (χ3n) is 8.78. The van der Waals surface area contributed by atoms with Gasteiger partial charge >= 0.3 is 0 Å². The monoisotopic (exact) mass is 617 g/mol. The summed E-state index contributed by atoms with van der Waals surface area (Å²) in [6.45, 7) is 14.5. The average Bonchev–Trinajstić information content (AvgIpc) is 3.50. The molecule has 5 heterocycles. The van der Waals surface area contributed by atoms with E-state index in [9.17, 15) is 0 Å². The molecule has 9 nitrogen and oxygen atoms in total. The van der Waals surface area contributed by atoms with E-state index in [1.165, 1.54) is 31.2 Å². The predicted molar refractivity (Wildman–Crippen MR) is 191 cm³/mol. The van der Waals surface area contributed by atoms with E-state index in [4.69, 9.17) is 0 Å². The van der Waals surface area contributed by atoms with E-state index in [0.717, 1.165) is 96.6 Å². The molecule has 9 heteroatoms. The van der Waals surface area contributed by atoms with Gasteiger partial charge in [0.05, 0.1) is 16.8 Å². The maximum absolute atomic E-state index is 4.64. The summed E-state index contributed by atoms with van der Waals surface area (Å²) in [6.07, 6.45) is 13.8. The summed E-state index contributed by atoms with van der Waals surface area (Å²) in [7, 11) is 4.14. The summed E-state index contributed by atoms with van der Waals surface area (Å²) in [4.78, 5) is 24.3. The fourth-order valence-corrected chi connectivity index (χ4v) is 6.44. The molecule has 0 saturated carbocycles. The van der Waals surface area contributed by atoms with Crippen molar-refractivity contribution >= 4 is 28.2 Å². The minimum absolute atomic E-state index is 0.403. The number of nitrogens with one attached hydrogen (secondary N) is 3. The van der Waals surface area contributed by atoms with Crippen LogP contribution >= 0.6 is 0 Å². The van der Waals surface area contributed by atoms with E-state index >= 15 is 0 Å². The third kappa shape index (κ3) is 8.02. The van der Waals surface area contributed by atoms with Crippen molar-refractivity contribution in [3.8, 4) is 11.3 Å². The molecule has 46 heavy (non-hydrogen) atoms. The molecule has 0 aliphatic carbocycles. The highest BCUT2D eigenvalue weighted by atomic mass is 15.2. The van der Waals surface area contributed by atoms with Crippen molar-refractivity contribution in [2.75, 3.05) is 57.0 Å². The van der Waals surface area contributed by atoms with Gasteiger partial charge in [0.15, 0.2) is 0 Å². The molecule has 1 aromatic carbocycles. The molecule has 6 rings (SSSR count). The number of H-pyrrole nitrogens is 1. The first-order valence-corrected chi connectivity index (χ1v) is 16.5. The number of benzene rings is 1. The first-order chi connectivity index (χ1) is 22.4. The van der Waals surface area contributed by atoms with Gasteiger partial charge in [-0.15, -0.1) is 0 Å². The minimum atomic E-state index is 0.403. The second kappa shape index (κ2) is 14.7. The Labute approximate surface area is 273 Å². The molecule has 2 aliphatic heterocycles. The van der Waals surface area contributed by atoms with Crippen LogP contribution in [0.5, 0.6) is 0 Å². The summed E-state index contributed by atoms with van der Waals surface area (Å²) < 4.78 is 0. The number of rotatable bonds is 12. The minimum Gasteiger partial charge on any atom is -0.382 e. The molecule has 3 aromatic heterocycles. The largest absolute Gasteiger partial charge is 0.382 e. The van der Waals surface area contributed by atoms with Gasteiger partial charge in [-0.1, -0.05) is 31.4 Å². The van der Waals surface area contributed by atoms with Gasteiger partial charge in [0.25, 0.3) is 0 Å². The van der Waals surface area contributed by atoms with Crippen LogP contribution in [-0.2, 0) is 6.54 Å². The smallest absolute Gasteiger partial charge is 0.143 e. The number of fused-ring (bicyclic) bond motifs is 1. The van der Waals surface area contributed by atoms with E-state index in [-0.39, 0.29) is 0 Å². The van der Waals surface area contributed by atoms with Gasteiger partial charge in [-0.2, -0.15) is 0 Å². The Balaban J connectivity index is 1.05. The molecule has 1 atom stereocenters. The number of nitrogens with zero attached hydrogens (tertiary/aromatic N) is 6. The lowest BCUT2D eigenvalue weighted by Gasteiger charge is -2.33. The van der Waals surface area contributed by atoms with Crippen LogP contribution in [0.2, 0.25) is 0 Å². The van der Waals surface area contributed by atoms with Gasteiger partial charge < -0.3 is 25.4 Å². The lowest BCUT2D eigenvalue weighted by Crippen LogP contribution is -2.44. The van der Waals surface area contributed by atoms with Crippen molar-refractivity contribution in [2.45, 2.75) is 44.7 Å². The van der Waals surface area contributed by atoms with Crippen LogP contribution in [0.3, 0.4) is 0 Å². The number of aromatic nitrogens is 4. The topological polar surface area (TPSA) is 88.2 Å². The Hall–Kier alpha value is -4.47. The molecular formula is C37H47N9. The van der Waals surface area contributed by atoms with Crippen molar-refractivity contribution in [1.29, 1.82) is 0 Å². The van der Waals surface area contributed by atoms with E-state index in [0.29, 0.717) is 6.04 Å². The van der Waals surface area contributed by atoms with E-state index in [1.54, 1.807) is 6.33 Å². The van der Waals surface area contributed by atoms with Crippen molar-refractivity contribution in [2.24, 2.45) is 0 Å². The van der Waals surface area contributed by atoms with Gasteiger partial charge in [0, 0.05) is 62.0 Å². The Morgan fingerprint density at radius 3 is 2.63 bits per heavy atom. The molecule has 0 spiro atoms. The van der Waals surface area contributed by atoms with E-state index < -0.39 is 0 Å². The molecule has 0 amide bonds. The summed E-state index contributed by atoms with van der Waals surface area (Å²) in [5.74, 6) is 1.03. The van der Waals surface area contributed by atoms with Crippen molar-refractivity contribution in [1.82, 2.24) is 35.1 Å². The Kier molecular flexibility index (Phi) is 10.1. The van der Waals surface area contributed by atoms with Crippen LogP contribution in [0.4, 0.5) is 11.5 Å². The quantitative estimate of drug-likeness (QED) is 0.160. The molecule has 240 valence electrons. The van der Waals surface area contributed by atoms with Gasteiger partial charge in [0.1, 0.15) is 17.8 Å². The van der Waals surface area contributed by atoms with Gasteiger partial charge in [0.2, 0.25) is 0 Å². The molecular weight excluding hydrogens is 570 g/mol.